The third kappa shape index (κ3) is 5.98. The second kappa shape index (κ2) is 9.94. The molecule has 1 aromatic carbocycles. The number of carbonyl (C=O) groups is 2. The quantitative estimate of drug-likeness (QED) is 0.551. The Morgan fingerprint density at radius 1 is 1.09 bits per heavy atom. The average molecular weight is 344 g/mol. The van der Waals surface area contributed by atoms with Crippen molar-refractivity contribution in [3.8, 4) is 11.5 Å². The molecule has 0 fully saturated rings. The van der Waals surface area contributed by atoms with Crippen molar-refractivity contribution in [3.05, 3.63) is 22.7 Å². The summed E-state index contributed by atoms with van der Waals surface area (Å²) >= 11 is 6.07. The molecule has 1 N–H and O–H groups in total. The van der Waals surface area contributed by atoms with Crippen molar-refractivity contribution >= 4 is 23.5 Å². The maximum absolute atomic E-state index is 12.1. The van der Waals surface area contributed by atoms with Gasteiger partial charge in [-0.05, 0) is 25.0 Å². The number of nitrogens with one attached hydrogen (secondary N) is 1. The Kier molecular flexibility index (Phi) is 8.26. The number of amides is 1. The fraction of sp³-hybridized carbons (Fsp3) is 0.500. The van der Waals surface area contributed by atoms with Crippen molar-refractivity contribution in [1.82, 2.24) is 5.32 Å². The summed E-state index contributed by atoms with van der Waals surface area (Å²) in [7, 11) is 4.34. The van der Waals surface area contributed by atoms with Crippen LogP contribution in [-0.4, -0.2) is 39.8 Å². The molecule has 0 bridgehead atoms. The molecule has 1 rings (SSSR count). The lowest BCUT2D eigenvalue weighted by Gasteiger charge is -2.12. The first-order valence-corrected chi connectivity index (χ1v) is 7.67. The fourth-order valence-electron chi connectivity index (χ4n) is 2.03. The summed E-state index contributed by atoms with van der Waals surface area (Å²) in [6, 6.07) is 3.12. The second-order valence-electron chi connectivity index (χ2n) is 4.84. The van der Waals surface area contributed by atoms with E-state index in [2.05, 4.69) is 10.1 Å². The number of carbonyl (C=O) groups excluding carboxylic acids is 2. The number of halogens is 1. The third-order valence-corrected chi connectivity index (χ3v) is 3.55. The summed E-state index contributed by atoms with van der Waals surface area (Å²) in [6.07, 6.45) is 2.76. The number of rotatable bonds is 9. The minimum Gasteiger partial charge on any atom is -0.493 e. The molecular formula is C16H22ClNO5. The van der Waals surface area contributed by atoms with Crippen LogP contribution in [0.1, 0.15) is 36.0 Å². The largest absolute Gasteiger partial charge is 0.493 e. The molecule has 0 saturated carbocycles. The Labute approximate surface area is 141 Å². The van der Waals surface area contributed by atoms with Crippen molar-refractivity contribution in [3.63, 3.8) is 0 Å². The van der Waals surface area contributed by atoms with E-state index in [4.69, 9.17) is 21.1 Å². The molecule has 0 unspecified atom stereocenters. The predicted octanol–water partition coefficient (Wildman–Crippen LogP) is 2.82. The zero-order valence-corrected chi connectivity index (χ0v) is 14.4. The topological polar surface area (TPSA) is 73.9 Å². The van der Waals surface area contributed by atoms with Gasteiger partial charge in [0.15, 0.2) is 11.5 Å². The van der Waals surface area contributed by atoms with Crippen molar-refractivity contribution < 1.29 is 23.8 Å². The van der Waals surface area contributed by atoms with E-state index in [1.165, 1.54) is 27.4 Å². The highest BCUT2D eigenvalue weighted by Gasteiger charge is 2.14. The fourth-order valence-corrected chi connectivity index (χ4v) is 2.31. The number of hydrogen-bond donors (Lipinski definition) is 1. The Bertz CT molecular complexity index is 548. The molecule has 0 aliphatic heterocycles. The number of unbranched alkanes of at least 4 members (excludes halogenated alkanes) is 2. The van der Waals surface area contributed by atoms with Gasteiger partial charge in [-0.25, -0.2) is 0 Å². The van der Waals surface area contributed by atoms with Crippen molar-refractivity contribution in [2.45, 2.75) is 25.7 Å². The first-order valence-electron chi connectivity index (χ1n) is 7.30. The van der Waals surface area contributed by atoms with E-state index in [1.54, 1.807) is 6.07 Å². The molecule has 0 aliphatic carbocycles. The number of hydrogen-bond acceptors (Lipinski definition) is 5. The van der Waals surface area contributed by atoms with Crippen LogP contribution in [0.25, 0.3) is 0 Å². The van der Waals surface area contributed by atoms with E-state index >= 15 is 0 Å². The zero-order chi connectivity index (χ0) is 17.2. The molecule has 0 spiro atoms. The van der Waals surface area contributed by atoms with Gasteiger partial charge < -0.3 is 19.5 Å². The minimum absolute atomic E-state index is 0.214. The zero-order valence-electron chi connectivity index (χ0n) is 13.6. The van der Waals surface area contributed by atoms with E-state index in [1.807, 2.05) is 0 Å². The molecule has 7 heteroatoms. The molecule has 0 aliphatic rings. The normalized spacial score (nSPS) is 10.1. The van der Waals surface area contributed by atoms with E-state index in [0.29, 0.717) is 35.1 Å². The maximum Gasteiger partial charge on any atom is 0.305 e. The standard InChI is InChI=1S/C16H22ClNO5/c1-21-13-10-11(9-12(17)15(13)23-3)16(20)18-8-6-4-5-7-14(19)22-2/h9-10H,4-8H2,1-3H3,(H,18,20). The van der Waals surface area contributed by atoms with Crippen LogP contribution in [0, 0.1) is 0 Å². The summed E-state index contributed by atoms with van der Waals surface area (Å²) < 4.78 is 14.9. The van der Waals surface area contributed by atoms with Gasteiger partial charge in [0.2, 0.25) is 0 Å². The van der Waals surface area contributed by atoms with Gasteiger partial charge >= 0.3 is 5.97 Å². The van der Waals surface area contributed by atoms with Crippen LogP contribution in [0.15, 0.2) is 12.1 Å². The van der Waals surface area contributed by atoms with Crippen molar-refractivity contribution in [1.29, 1.82) is 0 Å². The van der Waals surface area contributed by atoms with Crippen LogP contribution >= 0.6 is 11.6 Å². The van der Waals surface area contributed by atoms with Crippen molar-refractivity contribution in [2.75, 3.05) is 27.9 Å². The Morgan fingerprint density at radius 2 is 1.83 bits per heavy atom. The second-order valence-corrected chi connectivity index (χ2v) is 5.24. The molecule has 1 amide bonds. The summed E-state index contributed by atoms with van der Waals surface area (Å²) in [5, 5.41) is 3.12. The molecular weight excluding hydrogens is 322 g/mol. The molecule has 128 valence electrons. The molecule has 1 aromatic rings. The van der Waals surface area contributed by atoms with Crippen LogP contribution < -0.4 is 14.8 Å². The first kappa shape index (κ1) is 19.1. The lowest BCUT2D eigenvalue weighted by Crippen LogP contribution is -2.24. The number of benzene rings is 1. The summed E-state index contributed by atoms with van der Waals surface area (Å²) in [4.78, 5) is 23.1. The predicted molar refractivity (Wildman–Crippen MR) is 87.4 cm³/mol. The molecule has 0 heterocycles. The van der Waals surface area contributed by atoms with Gasteiger partial charge in [0.25, 0.3) is 5.91 Å². The monoisotopic (exact) mass is 343 g/mol. The maximum atomic E-state index is 12.1. The lowest BCUT2D eigenvalue weighted by atomic mass is 10.1. The SMILES string of the molecule is COC(=O)CCCCCNC(=O)c1cc(Cl)c(OC)c(OC)c1. The first-order chi connectivity index (χ1) is 11.0. The highest BCUT2D eigenvalue weighted by molar-refractivity contribution is 6.32. The van der Waals surface area contributed by atoms with Gasteiger partial charge in [-0.1, -0.05) is 18.0 Å². The van der Waals surface area contributed by atoms with Gasteiger partial charge in [-0.3, -0.25) is 9.59 Å². The summed E-state index contributed by atoms with van der Waals surface area (Å²) in [5.41, 5.74) is 0.405. The number of ether oxygens (including phenoxy) is 3. The summed E-state index contributed by atoms with van der Waals surface area (Å²) in [5.74, 6) is 0.353. The molecule has 0 atom stereocenters. The molecule has 23 heavy (non-hydrogen) atoms. The van der Waals surface area contributed by atoms with Crippen LogP contribution in [0.2, 0.25) is 5.02 Å². The average Bonchev–Trinajstić information content (AvgIpc) is 2.56. The van der Waals surface area contributed by atoms with Crippen LogP contribution in [0.5, 0.6) is 11.5 Å². The van der Waals surface area contributed by atoms with Gasteiger partial charge in [0.1, 0.15) is 0 Å². The number of methoxy groups -OCH3 is 3. The van der Waals surface area contributed by atoms with Gasteiger partial charge in [-0.15, -0.1) is 0 Å². The Morgan fingerprint density at radius 3 is 2.43 bits per heavy atom. The Hall–Kier alpha value is -1.95. The van der Waals surface area contributed by atoms with E-state index in [9.17, 15) is 9.59 Å². The lowest BCUT2D eigenvalue weighted by molar-refractivity contribution is -0.140. The van der Waals surface area contributed by atoms with Crippen LogP contribution in [0.3, 0.4) is 0 Å². The molecule has 0 aromatic heterocycles. The minimum atomic E-state index is -0.235. The van der Waals surface area contributed by atoms with Crippen molar-refractivity contribution in [2.24, 2.45) is 0 Å². The highest BCUT2D eigenvalue weighted by Crippen LogP contribution is 2.35. The van der Waals surface area contributed by atoms with Crippen LogP contribution in [-0.2, 0) is 9.53 Å². The highest BCUT2D eigenvalue weighted by atomic mass is 35.5. The smallest absolute Gasteiger partial charge is 0.305 e. The molecule has 6 nitrogen and oxygen atoms in total. The van der Waals surface area contributed by atoms with E-state index < -0.39 is 0 Å². The molecule has 0 radical (unpaired) electrons. The van der Waals surface area contributed by atoms with Gasteiger partial charge in [0, 0.05) is 18.5 Å². The van der Waals surface area contributed by atoms with Gasteiger partial charge in [0.05, 0.1) is 26.4 Å². The van der Waals surface area contributed by atoms with E-state index in [0.717, 1.165) is 19.3 Å². The summed E-state index contributed by atoms with van der Waals surface area (Å²) in [6.45, 7) is 0.520. The van der Waals surface area contributed by atoms with Crippen LogP contribution in [0.4, 0.5) is 0 Å². The molecule has 0 saturated heterocycles. The third-order valence-electron chi connectivity index (χ3n) is 3.27. The Balaban J connectivity index is 2.46. The van der Waals surface area contributed by atoms with E-state index in [-0.39, 0.29) is 11.9 Å². The van der Waals surface area contributed by atoms with Gasteiger partial charge in [-0.2, -0.15) is 0 Å². The number of esters is 1.